The molecule has 0 aromatic carbocycles. The Balaban J connectivity index is 2.09. The fourth-order valence-corrected chi connectivity index (χ4v) is 2.35. The first-order valence-corrected chi connectivity index (χ1v) is 6.70. The van der Waals surface area contributed by atoms with Gasteiger partial charge in [-0.2, -0.15) is 0 Å². The van der Waals surface area contributed by atoms with Gasteiger partial charge in [-0.3, -0.25) is 9.78 Å². The predicted molar refractivity (Wildman–Crippen MR) is 71.4 cm³/mol. The van der Waals surface area contributed by atoms with Crippen LogP contribution in [0.25, 0.3) is 0 Å². The Morgan fingerprint density at radius 2 is 2.06 bits per heavy atom. The van der Waals surface area contributed by atoms with E-state index in [-0.39, 0.29) is 5.91 Å². The van der Waals surface area contributed by atoms with Crippen LogP contribution in [0.3, 0.4) is 0 Å². The number of likely N-dealkylation sites (tertiary alicyclic amines) is 1. The molecule has 0 spiro atoms. The number of nitrogens with zero attached hydrogens (tertiary/aromatic N) is 2. The van der Waals surface area contributed by atoms with Gasteiger partial charge in [0.25, 0.3) is 5.91 Å². The number of carbonyl (C=O) groups is 1. The molecule has 1 amide bonds. The van der Waals surface area contributed by atoms with Crippen LogP contribution in [0, 0.1) is 0 Å². The van der Waals surface area contributed by atoms with E-state index in [1.807, 2.05) is 24.1 Å². The van der Waals surface area contributed by atoms with E-state index in [0.717, 1.165) is 37.2 Å². The summed E-state index contributed by atoms with van der Waals surface area (Å²) in [4.78, 5) is 18.6. The van der Waals surface area contributed by atoms with E-state index in [1.54, 1.807) is 6.20 Å². The van der Waals surface area contributed by atoms with Gasteiger partial charge in [-0.1, -0.05) is 12.8 Å². The zero-order chi connectivity index (χ0) is 12.8. The second-order valence-electron chi connectivity index (χ2n) is 4.77. The normalized spacial score (nSPS) is 16.4. The highest BCUT2D eigenvalue weighted by Gasteiger charge is 2.17. The van der Waals surface area contributed by atoms with E-state index in [1.165, 1.54) is 12.8 Å². The molecule has 1 saturated heterocycles. The minimum Gasteiger partial charge on any atom is -0.339 e. The number of hydrogen-bond acceptors (Lipinski definition) is 3. The van der Waals surface area contributed by atoms with Crippen molar-refractivity contribution < 1.29 is 4.79 Å². The summed E-state index contributed by atoms with van der Waals surface area (Å²) < 4.78 is 0. The SMILES string of the molecule is CNCc1cc(C(=O)N2CCCCCC2)ccn1. The van der Waals surface area contributed by atoms with Crippen LogP contribution in [-0.4, -0.2) is 35.9 Å². The lowest BCUT2D eigenvalue weighted by Crippen LogP contribution is -2.32. The van der Waals surface area contributed by atoms with Crippen molar-refractivity contribution in [1.82, 2.24) is 15.2 Å². The molecular weight excluding hydrogens is 226 g/mol. The highest BCUT2D eigenvalue weighted by Crippen LogP contribution is 2.13. The zero-order valence-corrected chi connectivity index (χ0v) is 11.0. The molecule has 0 atom stereocenters. The van der Waals surface area contributed by atoms with Crippen LogP contribution in [-0.2, 0) is 6.54 Å². The van der Waals surface area contributed by atoms with E-state index in [9.17, 15) is 4.79 Å². The van der Waals surface area contributed by atoms with E-state index in [0.29, 0.717) is 6.54 Å². The number of rotatable bonds is 3. The van der Waals surface area contributed by atoms with Gasteiger partial charge in [-0.25, -0.2) is 0 Å². The minimum absolute atomic E-state index is 0.150. The summed E-state index contributed by atoms with van der Waals surface area (Å²) in [5.74, 6) is 0.150. The van der Waals surface area contributed by atoms with Gasteiger partial charge in [-0.15, -0.1) is 0 Å². The molecule has 1 aliphatic heterocycles. The smallest absolute Gasteiger partial charge is 0.253 e. The van der Waals surface area contributed by atoms with Gasteiger partial charge < -0.3 is 10.2 Å². The van der Waals surface area contributed by atoms with Crippen molar-refractivity contribution in [3.63, 3.8) is 0 Å². The monoisotopic (exact) mass is 247 g/mol. The molecular formula is C14H21N3O. The average molecular weight is 247 g/mol. The first kappa shape index (κ1) is 13.0. The third kappa shape index (κ3) is 3.29. The summed E-state index contributed by atoms with van der Waals surface area (Å²) in [5, 5.41) is 3.05. The summed E-state index contributed by atoms with van der Waals surface area (Å²) in [6.07, 6.45) is 6.45. The molecule has 0 aliphatic carbocycles. The molecule has 18 heavy (non-hydrogen) atoms. The van der Waals surface area contributed by atoms with Crippen molar-refractivity contribution in [3.05, 3.63) is 29.6 Å². The average Bonchev–Trinajstić information content (AvgIpc) is 2.67. The minimum atomic E-state index is 0.150. The van der Waals surface area contributed by atoms with Crippen LogP contribution in [0.1, 0.15) is 41.7 Å². The van der Waals surface area contributed by atoms with E-state index in [2.05, 4.69) is 10.3 Å². The Morgan fingerprint density at radius 1 is 1.33 bits per heavy atom. The third-order valence-electron chi connectivity index (χ3n) is 3.31. The molecule has 2 rings (SSSR count). The van der Waals surface area contributed by atoms with Gasteiger partial charge in [0, 0.05) is 31.4 Å². The van der Waals surface area contributed by atoms with Crippen molar-refractivity contribution in [1.29, 1.82) is 0 Å². The maximum absolute atomic E-state index is 12.4. The van der Waals surface area contributed by atoms with Crippen molar-refractivity contribution >= 4 is 5.91 Å². The van der Waals surface area contributed by atoms with Crippen LogP contribution in [0.5, 0.6) is 0 Å². The van der Waals surface area contributed by atoms with E-state index >= 15 is 0 Å². The number of hydrogen-bond donors (Lipinski definition) is 1. The van der Waals surface area contributed by atoms with Gasteiger partial charge in [0.15, 0.2) is 0 Å². The molecule has 4 nitrogen and oxygen atoms in total. The summed E-state index contributed by atoms with van der Waals surface area (Å²) in [6.45, 7) is 2.48. The Morgan fingerprint density at radius 3 is 2.72 bits per heavy atom. The third-order valence-corrected chi connectivity index (χ3v) is 3.31. The lowest BCUT2D eigenvalue weighted by molar-refractivity contribution is 0.0761. The van der Waals surface area contributed by atoms with Crippen LogP contribution in [0.2, 0.25) is 0 Å². The molecule has 0 radical (unpaired) electrons. The molecule has 1 N–H and O–H groups in total. The number of nitrogens with one attached hydrogen (secondary N) is 1. The van der Waals surface area contributed by atoms with Gasteiger partial charge >= 0.3 is 0 Å². The molecule has 4 heteroatoms. The summed E-state index contributed by atoms with van der Waals surface area (Å²) in [6, 6.07) is 3.70. The van der Waals surface area contributed by atoms with Crippen molar-refractivity contribution in [3.8, 4) is 0 Å². The first-order chi connectivity index (χ1) is 8.81. The van der Waals surface area contributed by atoms with E-state index < -0.39 is 0 Å². The van der Waals surface area contributed by atoms with Crippen molar-refractivity contribution in [2.45, 2.75) is 32.2 Å². The van der Waals surface area contributed by atoms with Crippen LogP contribution in [0.4, 0.5) is 0 Å². The highest BCUT2D eigenvalue weighted by molar-refractivity contribution is 5.94. The Kier molecular flexibility index (Phi) is 4.70. The summed E-state index contributed by atoms with van der Waals surface area (Å²) >= 11 is 0. The number of pyridine rings is 1. The maximum atomic E-state index is 12.4. The van der Waals surface area contributed by atoms with Gasteiger partial charge in [0.05, 0.1) is 5.69 Å². The molecule has 98 valence electrons. The van der Waals surface area contributed by atoms with Gasteiger partial charge in [0.2, 0.25) is 0 Å². The maximum Gasteiger partial charge on any atom is 0.253 e. The standard InChI is InChI=1S/C14H21N3O/c1-15-11-13-10-12(6-7-16-13)14(18)17-8-4-2-3-5-9-17/h6-7,10,15H,2-5,8-9,11H2,1H3. The topological polar surface area (TPSA) is 45.2 Å². The highest BCUT2D eigenvalue weighted by atomic mass is 16.2. The molecule has 0 saturated carbocycles. The Labute approximate surface area is 108 Å². The van der Waals surface area contributed by atoms with Crippen LogP contribution < -0.4 is 5.32 Å². The fraction of sp³-hybridized carbons (Fsp3) is 0.571. The molecule has 2 heterocycles. The second kappa shape index (κ2) is 6.50. The number of amides is 1. The van der Waals surface area contributed by atoms with E-state index in [4.69, 9.17) is 0 Å². The van der Waals surface area contributed by atoms with Gasteiger partial charge in [0.1, 0.15) is 0 Å². The second-order valence-corrected chi connectivity index (χ2v) is 4.77. The first-order valence-electron chi connectivity index (χ1n) is 6.70. The van der Waals surface area contributed by atoms with Crippen LogP contribution in [0.15, 0.2) is 18.3 Å². The van der Waals surface area contributed by atoms with Crippen molar-refractivity contribution in [2.75, 3.05) is 20.1 Å². The molecule has 1 fully saturated rings. The largest absolute Gasteiger partial charge is 0.339 e. The lowest BCUT2D eigenvalue weighted by atomic mass is 10.2. The summed E-state index contributed by atoms with van der Waals surface area (Å²) in [5.41, 5.74) is 1.68. The zero-order valence-electron chi connectivity index (χ0n) is 11.0. The predicted octanol–water partition coefficient (Wildman–Crippen LogP) is 1.82. The fourth-order valence-electron chi connectivity index (χ4n) is 2.35. The molecule has 1 aromatic heterocycles. The summed E-state index contributed by atoms with van der Waals surface area (Å²) in [7, 11) is 1.88. The number of carbonyl (C=O) groups excluding carboxylic acids is 1. The molecule has 1 aliphatic rings. The molecule has 0 bridgehead atoms. The van der Waals surface area contributed by atoms with Gasteiger partial charge in [-0.05, 0) is 32.0 Å². The Hall–Kier alpha value is -1.42. The quantitative estimate of drug-likeness (QED) is 0.886. The lowest BCUT2D eigenvalue weighted by Gasteiger charge is -2.20. The van der Waals surface area contributed by atoms with Crippen molar-refractivity contribution in [2.24, 2.45) is 0 Å². The molecule has 0 unspecified atom stereocenters. The number of aromatic nitrogens is 1. The van der Waals surface area contributed by atoms with Crippen LogP contribution >= 0.6 is 0 Å². The molecule has 1 aromatic rings. The Bertz CT molecular complexity index is 398.